The van der Waals surface area contributed by atoms with Gasteiger partial charge in [-0.25, -0.2) is 9.97 Å². The Balaban J connectivity index is 1.67. The molecule has 0 atom stereocenters. The first-order valence-electron chi connectivity index (χ1n) is 9.47. The van der Waals surface area contributed by atoms with E-state index in [0.29, 0.717) is 44.7 Å². The van der Waals surface area contributed by atoms with E-state index in [0.717, 1.165) is 0 Å². The molecule has 0 spiro atoms. The summed E-state index contributed by atoms with van der Waals surface area (Å²) in [6, 6.07) is 11.9. The summed E-state index contributed by atoms with van der Waals surface area (Å²) in [5.74, 6) is 0.177. The van der Waals surface area contributed by atoms with Crippen LogP contribution in [0.3, 0.4) is 0 Å². The second-order valence-corrected chi connectivity index (χ2v) is 8.18. The van der Waals surface area contributed by atoms with Crippen LogP contribution < -0.4 is 16.4 Å². The fourth-order valence-electron chi connectivity index (χ4n) is 3.14. The predicted octanol–water partition coefficient (Wildman–Crippen LogP) is 2.49. The van der Waals surface area contributed by atoms with E-state index in [1.807, 2.05) is 6.07 Å². The van der Waals surface area contributed by atoms with Crippen molar-refractivity contribution < 1.29 is 4.79 Å². The number of fused-ring (bicyclic) bond motifs is 2. The number of nitrogens with zero attached hydrogens (tertiary/aromatic N) is 4. The van der Waals surface area contributed by atoms with E-state index in [1.165, 1.54) is 39.9 Å². The van der Waals surface area contributed by atoms with Crippen LogP contribution in [0.25, 0.3) is 16.6 Å². The van der Waals surface area contributed by atoms with Gasteiger partial charge in [0.15, 0.2) is 5.16 Å². The Kier molecular flexibility index (Phi) is 6.06. The van der Waals surface area contributed by atoms with Crippen molar-refractivity contribution in [3.8, 4) is 0 Å². The van der Waals surface area contributed by atoms with E-state index in [9.17, 15) is 14.4 Å². The van der Waals surface area contributed by atoms with Crippen LogP contribution in [0.2, 0.25) is 5.02 Å². The number of amides is 1. The Morgan fingerprint density at radius 1 is 1.16 bits per heavy atom. The number of carbonyl (C=O) groups excluding carboxylic acids is 1. The highest BCUT2D eigenvalue weighted by Crippen LogP contribution is 2.21. The van der Waals surface area contributed by atoms with Crippen LogP contribution in [-0.2, 0) is 17.1 Å². The largest absolute Gasteiger partial charge is 0.355 e. The third-order valence-corrected chi connectivity index (χ3v) is 5.80. The molecule has 0 fully saturated rings. The molecule has 10 heteroatoms. The number of aromatic nitrogens is 4. The summed E-state index contributed by atoms with van der Waals surface area (Å²) in [7, 11) is 0. The van der Waals surface area contributed by atoms with Gasteiger partial charge >= 0.3 is 0 Å². The van der Waals surface area contributed by atoms with Crippen LogP contribution in [0.4, 0.5) is 0 Å². The van der Waals surface area contributed by atoms with Crippen molar-refractivity contribution in [2.75, 3.05) is 6.54 Å². The quantitative estimate of drug-likeness (QED) is 0.354. The number of halogens is 1. The smallest absolute Gasteiger partial charge is 0.262 e. The average molecular weight is 456 g/mol. The van der Waals surface area contributed by atoms with Gasteiger partial charge in [-0.05, 0) is 24.3 Å². The zero-order valence-corrected chi connectivity index (χ0v) is 18.1. The Labute approximate surface area is 185 Å². The van der Waals surface area contributed by atoms with Crippen LogP contribution in [0.15, 0.2) is 63.4 Å². The molecular weight excluding hydrogens is 438 g/mol. The molecule has 4 aromatic rings. The van der Waals surface area contributed by atoms with Gasteiger partial charge in [0.1, 0.15) is 5.65 Å². The number of carbonyl (C=O) groups is 1. The van der Waals surface area contributed by atoms with Gasteiger partial charge in [0.2, 0.25) is 5.91 Å². The minimum Gasteiger partial charge on any atom is -0.355 e. The van der Waals surface area contributed by atoms with Crippen molar-refractivity contribution in [3.63, 3.8) is 0 Å². The molecule has 158 valence electrons. The van der Waals surface area contributed by atoms with E-state index in [2.05, 4.69) is 15.3 Å². The highest BCUT2D eigenvalue weighted by Gasteiger charge is 2.13. The predicted molar refractivity (Wildman–Crippen MR) is 121 cm³/mol. The van der Waals surface area contributed by atoms with Crippen molar-refractivity contribution in [2.24, 2.45) is 0 Å². The lowest BCUT2D eigenvalue weighted by atomic mass is 10.2. The number of hydrogen-bond acceptors (Lipinski definition) is 6. The third-order valence-electron chi connectivity index (χ3n) is 4.56. The van der Waals surface area contributed by atoms with Crippen LogP contribution in [-0.4, -0.2) is 31.4 Å². The van der Waals surface area contributed by atoms with Crippen LogP contribution in [0, 0.1) is 0 Å². The lowest BCUT2D eigenvalue weighted by Crippen LogP contribution is -2.31. The average Bonchev–Trinajstić information content (AvgIpc) is 2.74. The molecule has 0 bridgehead atoms. The standard InChI is InChI=1S/C21H18ClN5O3S/c1-13(28)23-8-9-26-20(30)16-4-2-3-5-17(16)25-21(26)31-12-15-10-19(29)27-11-14(22)6-7-18(27)24-15/h2-7,10-11H,8-9,12H2,1H3,(H,23,28). The summed E-state index contributed by atoms with van der Waals surface area (Å²) < 4.78 is 2.92. The fourth-order valence-corrected chi connectivity index (χ4v) is 4.22. The number of nitrogens with one attached hydrogen (secondary N) is 1. The van der Waals surface area contributed by atoms with Gasteiger partial charge in [-0.3, -0.25) is 23.4 Å². The van der Waals surface area contributed by atoms with E-state index >= 15 is 0 Å². The number of para-hydroxylation sites is 1. The van der Waals surface area contributed by atoms with Crippen molar-refractivity contribution in [1.29, 1.82) is 0 Å². The van der Waals surface area contributed by atoms with E-state index in [4.69, 9.17) is 11.6 Å². The van der Waals surface area contributed by atoms with Crippen molar-refractivity contribution >= 4 is 45.8 Å². The molecule has 4 rings (SSSR count). The third kappa shape index (κ3) is 4.62. The van der Waals surface area contributed by atoms with E-state index < -0.39 is 0 Å². The van der Waals surface area contributed by atoms with Gasteiger partial charge in [0.05, 0.1) is 21.6 Å². The maximum atomic E-state index is 13.0. The van der Waals surface area contributed by atoms with Crippen molar-refractivity contribution in [2.45, 2.75) is 24.4 Å². The van der Waals surface area contributed by atoms with E-state index in [1.54, 1.807) is 30.3 Å². The fraction of sp³-hybridized carbons (Fsp3) is 0.190. The van der Waals surface area contributed by atoms with Gasteiger partial charge in [0, 0.05) is 38.0 Å². The zero-order valence-electron chi connectivity index (χ0n) is 16.5. The number of thioether (sulfide) groups is 1. The first kappa shape index (κ1) is 21.1. The molecule has 0 saturated heterocycles. The number of benzene rings is 1. The topological polar surface area (TPSA) is 98.4 Å². The molecule has 0 aliphatic heterocycles. The number of hydrogen-bond donors (Lipinski definition) is 1. The Morgan fingerprint density at radius 3 is 2.77 bits per heavy atom. The minimum absolute atomic E-state index is 0.169. The molecule has 3 heterocycles. The summed E-state index contributed by atoms with van der Waals surface area (Å²) in [5.41, 5.74) is 1.22. The maximum absolute atomic E-state index is 13.0. The molecule has 1 amide bonds. The van der Waals surface area contributed by atoms with Gasteiger partial charge in [-0.15, -0.1) is 0 Å². The van der Waals surface area contributed by atoms with Crippen molar-refractivity contribution in [1.82, 2.24) is 24.3 Å². The van der Waals surface area contributed by atoms with Crippen LogP contribution >= 0.6 is 23.4 Å². The Morgan fingerprint density at radius 2 is 1.97 bits per heavy atom. The normalized spacial score (nSPS) is 11.2. The Hall–Kier alpha value is -3.17. The summed E-state index contributed by atoms with van der Waals surface area (Å²) in [5, 5.41) is 4.15. The molecule has 0 aliphatic carbocycles. The second-order valence-electron chi connectivity index (χ2n) is 6.80. The van der Waals surface area contributed by atoms with Gasteiger partial charge < -0.3 is 5.32 Å². The Bertz CT molecular complexity index is 1420. The first-order valence-corrected chi connectivity index (χ1v) is 10.8. The van der Waals surface area contributed by atoms with Gasteiger partial charge in [-0.2, -0.15) is 0 Å². The number of pyridine rings is 1. The summed E-state index contributed by atoms with van der Waals surface area (Å²) in [6.07, 6.45) is 1.52. The second kappa shape index (κ2) is 8.91. The highest BCUT2D eigenvalue weighted by molar-refractivity contribution is 7.98. The minimum atomic E-state index is -0.238. The van der Waals surface area contributed by atoms with Gasteiger partial charge in [0.25, 0.3) is 11.1 Å². The SMILES string of the molecule is CC(=O)NCCn1c(SCc2cc(=O)n3cc(Cl)ccc3n2)nc2ccccc2c1=O. The molecular formula is C21H18ClN5O3S. The summed E-state index contributed by atoms with van der Waals surface area (Å²) >= 11 is 7.27. The molecule has 0 aliphatic rings. The van der Waals surface area contributed by atoms with E-state index in [-0.39, 0.29) is 23.6 Å². The number of rotatable bonds is 6. The molecule has 1 aromatic carbocycles. The van der Waals surface area contributed by atoms with Gasteiger partial charge in [-0.1, -0.05) is 35.5 Å². The molecule has 0 unspecified atom stereocenters. The zero-order chi connectivity index (χ0) is 22.0. The lowest BCUT2D eigenvalue weighted by Gasteiger charge is -2.13. The van der Waals surface area contributed by atoms with Crippen molar-refractivity contribution in [3.05, 3.63) is 80.1 Å². The molecule has 0 radical (unpaired) electrons. The lowest BCUT2D eigenvalue weighted by molar-refractivity contribution is -0.118. The van der Waals surface area contributed by atoms with Crippen LogP contribution in [0.5, 0.6) is 0 Å². The summed E-state index contributed by atoms with van der Waals surface area (Å²) in [6.45, 7) is 2.01. The molecule has 8 nitrogen and oxygen atoms in total. The highest BCUT2D eigenvalue weighted by atomic mass is 35.5. The first-order chi connectivity index (χ1) is 14.9. The molecule has 1 N–H and O–H groups in total. The van der Waals surface area contributed by atoms with Crippen LogP contribution in [0.1, 0.15) is 12.6 Å². The monoisotopic (exact) mass is 455 g/mol. The summed E-state index contributed by atoms with van der Waals surface area (Å²) in [4.78, 5) is 45.8. The molecule has 0 saturated carbocycles. The molecule has 3 aromatic heterocycles. The maximum Gasteiger partial charge on any atom is 0.262 e. The molecule has 31 heavy (non-hydrogen) atoms.